The zero-order valence-electron chi connectivity index (χ0n) is 12.6. The van der Waals surface area contributed by atoms with Crippen molar-refractivity contribution in [2.75, 3.05) is 13.6 Å². The fourth-order valence-electron chi connectivity index (χ4n) is 3.38. The van der Waals surface area contributed by atoms with Crippen LogP contribution in [0.5, 0.6) is 0 Å². The highest BCUT2D eigenvalue weighted by Crippen LogP contribution is 2.33. The molecule has 0 radical (unpaired) electrons. The van der Waals surface area contributed by atoms with Crippen molar-refractivity contribution in [3.05, 3.63) is 35.4 Å². The standard InChI is InChI=1S/C17H28N2/c1-4-14-8-10-15(11-9-14)13(2)19(3)17-7-5-6-16(17)12-18/h8-11,13,16-17H,4-7,12,18H2,1-3H3. The maximum Gasteiger partial charge on any atom is 0.0319 e. The highest BCUT2D eigenvalue weighted by Gasteiger charge is 2.31. The van der Waals surface area contributed by atoms with E-state index in [4.69, 9.17) is 5.73 Å². The van der Waals surface area contributed by atoms with E-state index in [9.17, 15) is 0 Å². The Morgan fingerprint density at radius 2 is 1.95 bits per heavy atom. The number of hydrogen-bond donors (Lipinski definition) is 1. The zero-order chi connectivity index (χ0) is 13.8. The average Bonchev–Trinajstić information content (AvgIpc) is 2.94. The van der Waals surface area contributed by atoms with Gasteiger partial charge in [0.2, 0.25) is 0 Å². The molecule has 0 spiro atoms. The van der Waals surface area contributed by atoms with Crippen LogP contribution < -0.4 is 5.73 Å². The second-order valence-corrected chi connectivity index (χ2v) is 5.93. The van der Waals surface area contributed by atoms with Crippen molar-refractivity contribution in [3.8, 4) is 0 Å². The first-order valence-electron chi connectivity index (χ1n) is 7.68. The van der Waals surface area contributed by atoms with Crippen molar-refractivity contribution in [1.29, 1.82) is 0 Å². The lowest BCUT2D eigenvalue weighted by Gasteiger charge is -2.34. The Labute approximate surface area is 118 Å². The highest BCUT2D eigenvalue weighted by molar-refractivity contribution is 5.24. The molecule has 1 aliphatic rings. The first-order valence-corrected chi connectivity index (χ1v) is 7.68. The Balaban J connectivity index is 2.07. The normalized spacial score (nSPS) is 24.9. The summed E-state index contributed by atoms with van der Waals surface area (Å²) in [6.45, 7) is 5.35. The minimum atomic E-state index is 0.475. The zero-order valence-corrected chi connectivity index (χ0v) is 12.6. The summed E-state index contributed by atoms with van der Waals surface area (Å²) in [7, 11) is 2.26. The molecule has 0 aromatic heterocycles. The molecule has 0 aliphatic heterocycles. The van der Waals surface area contributed by atoms with Crippen LogP contribution in [0.25, 0.3) is 0 Å². The molecule has 1 aromatic carbocycles. The molecular weight excluding hydrogens is 232 g/mol. The molecule has 3 unspecified atom stereocenters. The van der Waals surface area contributed by atoms with Crippen molar-refractivity contribution in [3.63, 3.8) is 0 Å². The lowest BCUT2D eigenvalue weighted by Crippen LogP contribution is -2.39. The van der Waals surface area contributed by atoms with Crippen molar-refractivity contribution >= 4 is 0 Å². The van der Waals surface area contributed by atoms with Crippen molar-refractivity contribution in [2.45, 2.75) is 51.6 Å². The van der Waals surface area contributed by atoms with Gasteiger partial charge in [-0.25, -0.2) is 0 Å². The van der Waals surface area contributed by atoms with Gasteiger partial charge >= 0.3 is 0 Å². The summed E-state index contributed by atoms with van der Waals surface area (Å²) in [5.74, 6) is 0.683. The Morgan fingerprint density at radius 3 is 2.53 bits per heavy atom. The van der Waals surface area contributed by atoms with Crippen LogP contribution in [0.3, 0.4) is 0 Å². The number of nitrogens with two attached hydrogens (primary N) is 1. The van der Waals surface area contributed by atoms with Crippen LogP contribution in [-0.4, -0.2) is 24.5 Å². The Hall–Kier alpha value is -0.860. The van der Waals surface area contributed by atoms with Crippen LogP contribution in [0.15, 0.2) is 24.3 Å². The van der Waals surface area contributed by atoms with E-state index in [2.05, 4.69) is 50.1 Å². The average molecular weight is 260 g/mol. The van der Waals surface area contributed by atoms with Gasteiger partial charge in [0.05, 0.1) is 0 Å². The van der Waals surface area contributed by atoms with Gasteiger partial charge in [-0.15, -0.1) is 0 Å². The van der Waals surface area contributed by atoms with E-state index in [1.54, 1.807) is 0 Å². The first-order chi connectivity index (χ1) is 9.17. The van der Waals surface area contributed by atoms with Gasteiger partial charge in [-0.05, 0) is 56.8 Å². The second-order valence-electron chi connectivity index (χ2n) is 5.93. The summed E-state index contributed by atoms with van der Waals surface area (Å²) in [6, 6.07) is 10.2. The molecule has 0 bridgehead atoms. The summed E-state index contributed by atoms with van der Waals surface area (Å²) < 4.78 is 0. The van der Waals surface area contributed by atoms with Crippen LogP contribution in [0.4, 0.5) is 0 Å². The third kappa shape index (κ3) is 3.18. The Kier molecular flexibility index (Phi) is 5.00. The minimum absolute atomic E-state index is 0.475. The first kappa shape index (κ1) is 14.5. The van der Waals surface area contributed by atoms with Gasteiger partial charge < -0.3 is 5.73 Å². The van der Waals surface area contributed by atoms with Crippen molar-refractivity contribution in [1.82, 2.24) is 4.90 Å². The molecule has 0 heterocycles. The molecule has 19 heavy (non-hydrogen) atoms. The van der Waals surface area contributed by atoms with E-state index in [0.717, 1.165) is 13.0 Å². The molecule has 1 aromatic rings. The van der Waals surface area contributed by atoms with E-state index in [-0.39, 0.29) is 0 Å². The van der Waals surface area contributed by atoms with Gasteiger partial charge in [0.15, 0.2) is 0 Å². The van der Waals surface area contributed by atoms with Gasteiger partial charge in [0.25, 0.3) is 0 Å². The quantitative estimate of drug-likeness (QED) is 0.879. The Bertz CT molecular complexity index is 385. The monoisotopic (exact) mass is 260 g/mol. The molecule has 2 N–H and O–H groups in total. The van der Waals surface area contributed by atoms with E-state index in [1.165, 1.54) is 30.4 Å². The molecule has 0 amide bonds. The Morgan fingerprint density at radius 1 is 1.26 bits per heavy atom. The molecule has 1 saturated carbocycles. The topological polar surface area (TPSA) is 29.3 Å². The van der Waals surface area contributed by atoms with Gasteiger partial charge in [-0.3, -0.25) is 4.90 Å². The number of hydrogen-bond acceptors (Lipinski definition) is 2. The number of nitrogens with zero attached hydrogens (tertiary/aromatic N) is 1. The molecule has 3 atom stereocenters. The van der Waals surface area contributed by atoms with E-state index in [0.29, 0.717) is 18.0 Å². The molecule has 1 aliphatic carbocycles. The molecule has 2 heteroatoms. The molecular formula is C17H28N2. The predicted molar refractivity (Wildman–Crippen MR) is 82.2 cm³/mol. The van der Waals surface area contributed by atoms with Crippen LogP contribution in [0.2, 0.25) is 0 Å². The van der Waals surface area contributed by atoms with Crippen molar-refractivity contribution in [2.24, 2.45) is 11.7 Å². The lowest BCUT2D eigenvalue weighted by molar-refractivity contribution is 0.152. The SMILES string of the molecule is CCc1ccc(C(C)N(C)C2CCCC2CN)cc1. The maximum absolute atomic E-state index is 5.91. The highest BCUT2D eigenvalue weighted by atomic mass is 15.2. The number of aryl methyl sites for hydroxylation is 1. The van der Waals surface area contributed by atoms with Crippen LogP contribution >= 0.6 is 0 Å². The van der Waals surface area contributed by atoms with Gasteiger partial charge in [-0.2, -0.15) is 0 Å². The number of benzene rings is 1. The second kappa shape index (κ2) is 6.53. The fraction of sp³-hybridized carbons (Fsp3) is 0.647. The maximum atomic E-state index is 5.91. The van der Waals surface area contributed by atoms with Crippen LogP contribution in [0, 0.1) is 5.92 Å². The summed E-state index contributed by atoms with van der Waals surface area (Å²) in [4.78, 5) is 2.53. The molecule has 2 nitrogen and oxygen atoms in total. The molecule has 0 saturated heterocycles. The smallest absolute Gasteiger partial charge is 0.0319 e. The molecule has 1 fully saturated rings. The fourth-order valence-corrected chi connectivity index (χ4v) is 3.38. The van der Waals surface area contributed by atoms with E-state index >= 15 is 0 Å². The van der Waals surface area contributed by atoms with E-state index in [1.807, 2.05) is 0 Å². The van der Waals surface area contributed by atoms with E-state index < -0.39 is 0 Å². The van der Waals surface area contributed by atoms with Crippen molar-refractivity contribution < 1.29 is 0 Å². The molecule has 2 rings (SSSR count). The predicted octanol–water partition coefficient (Wildman–Crippen LogP) is 3.37. The van der Waals surface area contributed by atoms with Gasteiger partial charge in [-0.1, -0.05) is 37.6 Å². The van der Waals surface area contributed by atoms with Crippen LogP contribution in [0.1, 0.15) is 50.3 Å². The number of rotatable bonds is 5. The summed E-state index contributed by atoms with van der Waals surface area (Å²) >= 11 is 0. The van der Waals surface area contributed by atoms with Crippen LogP contribution in [-0.2, 0) is 6.42 Å². The lowest BCUT2D eigenvalue weighted by atomic mass is 9.98. The minimum Gasteiger partial charge on any atom is -0.330 e. The summed E-state index contributed by atoms with van der Waals surface area (Å²) in [6.07, 6.45) is 5.05. The molecule has 106 valence electrons. The third-order valence-electron chi connectivity index (χ3n) is 4.93. The van der Waals surface area contributed by atoms with Gasteiger partial charge in [0, 0.05) is 12.1 Å². The summed E-state index contributed by atoms with van der Waals surface area (Å²) in [5, 5.41) is 0. The largest absolute Gasteiger partial charge is 0.330 e. The van der Waals surface area contributed by atoms with Gasteiger partial charge in [0.1, 0.15) is 0 Å². The third-order valence-corrected chi connectivity index (χ3v) is 4.93. The summed E-state index contributed by atoms with van der Waals surface area (Å²) in [5.41, 5.74) is 8.75.